The minimum atomic E-state index is 0.254. The first-order chi connectivity index (χ1) is 7.36. The molecule has 2 atom stereocenters. The fourth-order valence-electron chi connectivity index (χ4n) is 3.18. The van der Waals surface area contributed by atoms with Crippen molar-refractivity contribution >= 4 is 5.91 Å². The van der Waals surface area contributed by atoms with E-state index in [0.29, 0.717) is 11.9 Å². The summed E-state index contributed by atoms with van der Waals surface area (Å²) in [4.78, 5) is 14.4. The molecule has 3 heteroatoms. The minimum absolute atomic E-state index is 0.254. The van der Waals surface area contributed by atoms with Gasteiger partial charge in [-0.2, -0.15) is 0 Å². The third-order valence-corrected chi connectivity index (χ3v) is 4.09. The molecule has 2 fully saturated rings. The molecule has 0 radical (unpaired) electrons. The van der Waals surface area contributed by atoms with E-state index in [1.54, 1.807) is 0 Å². The lowest BCUT2D eigenvalue weighted by Gasteiger charge is -2.26. The van der Waals surface area contributed by atoms with Gasteiger partial charge in [0.05, 0.1) is 0 Å². The summed E-state index contributed by atoms with van der Waals surface area (Å²) in [6, 6.07) is 0.498. The standard InChI is InChI=1S/C12H18N2O/c15-12(9-3-1-2-4-9)14-6-5-10-7-13-8-11(10)14/h1-2,9-11,13H,3-8H2/t10-,11+/m0/s1. The number of hydrogen-bond donors (Lipinski definition) is 1. The zero-order chi connectivity index (χ0) is 10.3. The first kappa shape index (κ1) is 9.40. The lowest BCUT2D eigenvalue weighted by atomic mass is 10.0. The molecule has 2 heterocycles. The monoisotopic (exact) mass is 206 g/mol. The third-order valence-electron chi connectivity index (χ3n) is 4.09. The third kappa shape index (κ3) is 1.49. The van der Waals surface area contributed by atoms with Crippen LogP contribution in [0.1, 0.15) is 19.3 Å². The molecule has 3 rings (SSSR count). The van der Waals surface area contributed by atoms with Gasteiger partial charge < -0.3 is 10.2 Å². The maximum absolute atomic E-state index is 12.2. The van der Waals surface area contributed by atoms with Gasteiger partial charge in [0.25, 0.3) is 0 Å². The summed E-state index contributed by atoms with van der Waals surface area (Å²) in [6.45, 7) is 3.11. The van der Waals surface area contributed by atoms with Gasteiger partial charge in [-0.05, 0) is 25.2 Å². The molecule has 1 aliphatic carbocycles. The van der Waals surface area contributed by atoms with Crippen LogP contribution in [0.5, 0.6) is 0 Å². The molecule has 82 valence electrons. The van der Waals surface area contributed by atoms with Crippen LogP contribution in [0, 0.1) is 11.8 Å². The molecule has 0 aromatic heterocycles. The number of likely N-dealkylation sites (tertiary alicyclic amines) is 1. The van der Waals surface area contributed by atoms with Crippen molar-refractivity contribution in [3.8, 4) is 0 Å². The number of allylic oxidation sites excluding steroid dienone is 2. The number of nitrogens with zero attached hydrogens (tertiary/aromatic N) is 1. The summed E-state index contributed by atoms with van der Waals surface area (Å²) in [5, 5.41) is 3.39. The van der Waals surface area contributed by atoms with Crippen LogP contribution in [-0.4, -0.2) is 36.5 Å². The summed E-state index contributed by atoms with van der Waals surface area (Å²) < 4.78 is 0. The Labute approximate surface area is 90.5 Å². The first-order valence-electron chi connectivity index (χ1n) is 6.02. The Balaban J connectivity index is 1.69. The highest BCUT2D eigenvalue weighted by Crippen LogP contribution is 2.30. The van der Waals surface area contributed by atoms with E-state index < -0.39 is 0 Å². The Morgan fingerprint density at radius 2 is 2.07 bits per heavy atom. The van der Waals surface area contributed by atoms with E-state index in [-0.39, 0.29) is 5.92 Å². The van der Waals surface area contributed by atoms with Crippen molar-refractivity contribution in [2.24, 2.45) is 11.8 Å². The van der Waals surface area contributed by atoms with E-state index in [2.05, 4.69) is 22.4 Å². The smallest absolute Gasteiger partial charge is 0.226 e. The topological polar surface area (TPSA) is 32.3 Å². The van der Waals surface area contributed by atoms with E-state index in [0.717, 1.165) is 38.4 Å². The van der Waals surface area contributed by atoms with Gasteiger partial charge >= 0.3 is 0 Å². The summed E-state index contributed by atoms with van der Waals surface area (Å²) in [6.07, 6.45) is 7.40. The van der Waals surface area contributed by atoms with Crippen molar-refractivity contribution in [2.45, 2.75) is 25.3 Å². The van der Waals surface area contributed by atoms with Crippen molar-refractivity contribution in [3.63, 3.8) is 0 Å². The normalized spacial score (nSPS) is 35.1. The van der Waals surface area contributed by atoms with Crippen molar-refractivity contribution in [1.29, 1.82) is 0 Å². The summed E-state index contributed by atoms with van der Waals surface area (Å²) in [5.74, 6) is 1.38. The minimum Gasteiger partial charge on any atom is -0.338 e. The zero-order valence-electron chi connectivity index (χ0n) is 8.98. The van der Waals surface area contributed by atoms with E-state index in [9.17, 15) is 4.79 Å². The average Bonchev–Trinajstić information content (AvgIpc) is 2.94. The second-order valence-electron chi connectivity index (χ2n) is 4.95. The first-order valence-corrected chi connectivity index (χ1v) is 6.02. The molecule has 0 unspecified atom stereocenters. The highest BCUT2D eigenvalue weighted by atomic mass is 16.2. The van der Waals surface area contributed by atoms with E-state index in [1.807, 2.05) is 0 Å². The number of amides is 1. The highest BCUT2D eigenvalue weighted by molar-refractivity contribution is 5.80. The van der Waals surface area contributed by atoms with Crippen LogP contribution in [0.15, 0.2) is 12.2 Å². The quantitative estimate of drug-likeness (QED) is 0.643. The number of nitrogens with one attached hydrogen (secondary N) is 1. The van der Waals surface area contributed by atoms with Gasteiger partial charge in [0.2, 0.25) is 5.91 Å². The van der Waals surface area contributed by atoms with Gasteiger partial charge in [0.1, 0.15) is 0 Å². The van der Waals surface area contributed by atoms with Crippen LogP contribution < -0.4 is 5.32 Å². The van der Waals surface area contributed by atoms with Crippen molar-refractivity contribution in [2.75, 3.05) is 19.6 Å². The van der Waals surface area contributed by atoms with Gasteiger partial charge in [-0.1, -0.05) is 12.2 Å². The maximum atomic E-state index is 12.2. The molecular formula is C12H18N2O. The molecule has 0 aromatic carbocycles. The van der Waals surface area contributed by atoms with Crippen LogP contribution in [0.3, 0.4) is 0 Å². The molecule has 1 amide bonds. The molecule has 0 spiro atoms. The molecule has 0 saturated carbocycles. The predicted octanol–water partition coefficient (Wildman–Crippen LogP) is 0.773. The predicted molar refractivity (Wildman–Crippen MR) is 58.3 cm³/mol. The Hall–Kier alpha value is -0.830. The van der Waals surface area contributed by atoms with Crippen molar-refractivity contribution < 1.29 is 4.79 Å². The van der Waals surface area contributed by atoms with Gasteiger partial charge in [-0.15, -0.1) is 0 Å². The molecule has 3 nitrogen and oxygen atoms in total. The lowest BCUT2D eigenvalue weighted by Crippen LogP contribution is -2.41. The summed E-state index contributed by atoms with van der Waals surface area (Å²) >= 11 is 0. The number of rotatable bonds is 1. The van der Waals surface area contributed by atoms with Crippen LogP contribution in [-0.2, 0) is 4.79 Å². The van der Waals surface area contributed by atoms with E-state index in [1.165, 1.54) is 6.42 Å². The molecule has 3 aliphatic rings. The van der Waals surface area contributed by atoms with Crippen LogP contribution >= 0.6 is 0 Å². The van der Waals surface area contributed by atoms with E-state index in [4.69, 9.17) is 0 Å². The van der Waals surface area contributed by atoms with Crippen LogP contribution in [0.4, 0.5) is 0 Å². The Morgan fingerprint density at radius 3 is 2.87 bits per heavy atom. The number of carbonyl (C=O) groups excluding carboxylic acids is 1. The fraction of sp³-hybridized carbons (Fsp3) is 0.750. The van der Waals surface area contributed by atoms with E-state index >= 15 is 0 Å². The Morgan fingerprint density at radius 1 is 1.27 bits per heavy atom. The molecule has 0 bridgehead atoms. The number of carbonyl (C=O) groups is 1. The fourth-order valence-corrected chi connectivity index (χ4v) is 3.18. The van der Waals surface area contributed by atoms with Gasteiger partial charge in [-0.3, -0.25) is 4.79 Å². The molecule has 0 aromatic rings. The van der Waals surface area contributed by atoms with Gasteiger partial charge in [-0.25, -0.2) is 0 Å². The second kappa shape index (κ2) is 3.63. The molecule has 2 aliphatic heterocycles. The number of fused-ring (bicyclic) bond motifs is 1. The average molecular weight is 206 g/mol. The molecule has 15 heavy (non-hydrogen) atoms. The Kier molecular flexibility index (Phi) is 2.28. The zero-order valence-corrected chi connectivity index (χ0v) is 8.98. The molecule has 2 saturated heterocycles. The lowest BCUT2D eigenvalue weighted by molar-refractivity contribution is -0.135. The maximum Gasteiger partial charge on any atom is 0.226 e. The second-order valence-corrected chi connectivity index (χ2v) is 4.95. The van der Waals surface area contributed by atoms with Gasteiger partial charge in [0, 0.05) is 31.6 Å². The molecule has 1 N–H and O–H groups in total. The van der Waals surface area contributed by atoms with Gasteiger partial charge in [0.15, 0.2) is 0 Å². The van der Waals surface area contributed by atoms with Crippen LogP contribution in [0.2, 0.25) is 0 Å². The summed E-state index contributed by atoms with van der Waals surface area (Å²) in [5.41, 5.74) is 0. The van der Waals surface area contributed by atoms with Crippen LogP contribution in [0.25, 0.3) is 0 Å². The SMILES string of the molecule is O=C(C1CC=CC1)N1CC[C@H]2CNC[C@H]21. The number of hydrogen-bond acceptors (Lipinski definition) is 2. The molecular weight excluding hydrogens is 188 g/mol. The van der Waals surface area contributed by atoms with Crippen molar-refractivity contribution in [1.82, 2.24) is 10.2 Å². The Bertz CT molecular complexity index is 292. The van der Waals surface area contributed by atoms with Crippen molar-refractivity contribution in [3.05, 3.63) is 12.2 Å². The summed E-state index contributed by atoms with van der Waals surface area (Å²) in [7, 11) is 0. The highest BCUT2D eigenvalue weighted by Gasteiger charge is 2.41. The largest absolute Gasteiger partial charge is 0.338 e.